The molecule has 2 saturated heterocycles. The molecule has 3 atom stereocenters. The van der Waals surface area contributed by atoms with Crippen molar-refractivity contribution < 1.29 is 0 Å². The zero-order chi connectivity index (χ0) is 9.59. The highest BCUT2D eigenvalue weighted by Crippen LogP contribution is 2.34. The second-order valence-electron chi connectivity index (χ2n) is 5.18. The molecule has 0 aromatic rings. The molecule has 2 bridgehead atoms. The van der Waals surface area contributed by atoms with Crippen molar-refractivity contribution in [1.82, 2.24) is 10.2 Å². The minimum absolute atomic E-state index is 0.712. The molecule has 2 heteroatoms. The van der Waals surface area contributed by atoms with Gasteiger partial charge in [0.1, 0.15) is 0 Å². The van der Waals surface area contributed by atoms with Crippen molar-refractivity contribution in [2.24, 2.45) is 5.92 Å². The zero-order valence-corrected chi connectivity index (χ0v) is 9.25. The first-order valence-electron chi connectivity index (χ1n) is 5.62. The molecule has 2 fully saturated rings. The number of nitrogens with one attached hydrogen (secondary N) is 1. The van der Waals surface area contributed by atoms with Gasteiger partial charge in [-0.25, -0.2) is 0 Å². The van der Waals surface area contributed by atoms with Crippen molar-refractivity contribution in [3.8, 4) is 0 Å². The van der Waals surface area contributed by atoms with Crippen LogP contribution in [0.4, 0.5) is 0 Å². The van der Waals surface area contributed by atoms with Crippen LogP contribution in [0.2, 0.25) is 0 Å². The van der Waals surface area contributed by atoms with Crippen molar-refractivity contribution in [3.63, 3.8) is 0 Å². The lowest BCUT2D eigenvalue weighted by atomic mass is 9.97. The molecular weight excluding hydrogens is 160 g/mol. The molecule has 2 nitrogen and oxygen atoms in total. The highest BCUT2D eigenvalue weighted by Gasteiger charge is 2.47. The fraction of sp³-hybridized carbons (Fsp3) is 1.00. The van der Waals surface area contributed by atoms with Crippen LogP contribution >= 0.6 is 0 Å². The van der Waals surface area contributed by atoms with Gasteiger partial charge < -0.3 is 5.32 Å². The molecule has 1 N–H and O–H groups in total. The van der Waals surface area contributed by atoms with Crippen molar-refractivity contribution >= 4 is 0 Å². The standard InChI is InChI=1S/C11H22N2/c1-7(2)11-10-5-9(6-12-10)13(11)8(3)4/h7-12H,5-6H2,1-4H3/t9-,10-,11?/m1/s1. The second kappa shape index (κ2) is 3.25. The maximum Gasteiger partial charge on any atom is 0.0279 e. The number of hydrogen-bond acceptors (Lipinski definition) is 2. The molecule has 13 heavy (non-hydrogen) atoms. The maximum atomic E-state index is 3.63. The molecule has 0 radical (unpaired) electrons. The Morgan fingerprint density at radius 2 is 1.92 bits per heavy atom. The minimum atomic E-state index is 0.712. The molecule has 2 aliphatic heterocycles. The third-order valence-electron chi connectivity index (χ3n) is 3.60. The summed E-state index contributed by atoms with van der Waals surface area (Å²) in [5.41, 5.74) is 0. The van der Waals surface area contributed by atoms with Gasteiger partial charge in [0.05, 0.1) is 0 Å². The Kier molecular flexibility index (Phi) is 2.37. The average Bonchev–Trinajstić information content (AvgIpc) is 2.60. The Bertz CT molecular complexity index is 169. The highest BCUT2D eigenvalue weighted by atomic mass is 15.3. The summed E-state index contributed by atoms with van der Waals surface area (Å²) in [5, 5.41) is 3.63. The molecule has 0 aromatic carbocycles. The van der Waals surface area contributed by atoms with E-state index in [1.807, 2.05) is 0 Å². The summed E-state index contributed by atoms with van der Waals surface area (Å²) in [7, 11) is 0. The van der Waals surface area contributed by atoms with Gasteiger partial charge in [0, 0.05) is 30.7 Å². The molecule has 2 aliphatic rings. The van der Waals surface area contributed by atoms with Gasteiger partial charge in [-0.15, -0.1) is 0 Å². The zero-order valence-electron chi connectivity index (χ0n) is 9.25. The monoisotopic (exact) mass is 182 g/mol. The van der Waals surface area contributed by atoms with Gasteiger partial charge in [-0.2, -0.15) is 0 Å². The fourth-order valence-corrected chi connectivity index (χ4v) is 3.26. The summed E-state index contributed by atoms with van der Waals surface area (Å²) in [4.78, 5) is 2.73. The number of nitrogens with zero attached hydrogens (tertiary/aromatic N) is 1. The number of piperazine rings is 1. The minimum Gasteiger partial charge on any atom is -0.311 e. The largest absolute Gasteiger partial charge is 0.311 e. The Morgan fingerprint density at radius 3 is 2.38 bits per heavy atom. The van der Waals surface area contributed by atoms with E-state index in [1.54, 1.807) is 0 Å². The van der Waals surface area contributed by atoms with Crippen molar-refractivity contribution in [2.45, 2.75) is 58.3 Å². The summed E-state index contributed by atoms with van der Waals surface area (Å²) in [6, 6.07) is 3.08. The van der Waals surface area contributed by atoms with Crippen molar-refractivity contribution in [1.29, 1.82) is 0 Å². The molecule has 0 spiro atoms. The van der Waals surface area contributed by atoms with Gasteiger partial charge in [0.25, 0.3) is 0 Å². The first-order valence-corrected chi connectivity index (χ1v) is 5.62. The Hall–Kier alpha value is -0.0800. The molecular formula is C11H22N2. The predicted octanol–water partition coefficient (Wildman–Crippen LogP) is 1.47. The normalized spacial score (nSPS) is 39.7. The van der Waals surface area contributed by atoms with Crippen LogP contribution < -0.4 is 5.32 Å². The molecule has 0 aromatic heterocycles. The van der Waals surface area contributed by atoms with Crippen molar-refractivity contribution in [3.05, 3.63) is 0 Å². The second-order valence-corrected chi connectivity index (χ2v) is 5.18. The van der Waals surface area contributed by atoms with Crippen LogP contribution in [-0.4, -0.2) is 35.6 Å². The van der Waals surface area contributed by atoms with Crippen molar-refractivity contribution in [2.75, 3.05) is 6.54 Å². The van der Waals surface area contributed by atoms with E-state index in [2.05, 4.69) is 37.9 Å². The molecule has 1 unspecified atom stereocenters. The van der Waals surface area contributed by atoms with E-state index in [0.29, 0.717) is 6.04 Å². The lowest BCUT2D eigenvalue weighted by Crippen LogP contribution is -2.55. The SMILES string of the molecule is CC(C)C1[C@H]2C[C@H](CN2)N1C(C)C. The first-order chi connectivity index (χ1) is 6.11. The van der Waals surface area contributed by atoms with Crippen LogP contribution in [0.3, 0.4) is 0 Å². The van der Waals surface area contributed by atoms with E-state index < -0.39 is 0 Å². The Balaban J connectivity index is 2.15. The van der Waals surface area contributed by atoms with Gasteiger partial charge in [-0.3, -0.25) is 4.90 Å². The fourth-order valence-electron chi connectivity index (χ4n) is 3.26. The van der Waals surface area contributed by atoms with Gasteiger partial charge >= 0.3 is 0 Å². The maximum absolute atomic E-state index is 3.63. The third-order valence-corrected chi connectivity index (χ3v) is 3.60. The van der Waals surface area contributed by atoms with E-state index >= 15 is 0 Å². The van der Waals surface area contributed by atoms with Crippen LogP contribution in [0.1, 0.15) is 34.1 Å². The summed E-state index contributed by atoms with van der Waals surface area (Å²) in [6.45, 7) is 10.6. The molecule has 0 saturated carbocycles. The van der Waals surface area contributed by atoms with E-state index in [9.17, 15) is 0 Å². The van der Waals surface area contributed by atoms with E-state index in [0.717, 1.165) is 24.0 Å². The average molecular weight is 182 g/mol. The topological polar surface area (TPSA) is 15.3 Å². The van der Waals surface area contributed by atoms with Gasteiger partial charge in [-0.05, 0) is 26.2 Å². The van der Waals surface area contributed by atoms with E-state index in [1.165, 1.54) is 13.0 Å². The summed E-state index contributed by atoms with van der Waals surface area (Å²) in [6.07, 6.45) is 1.38. The Morgan fingerprint density at radius 1 is 1.23 bits per heavy atom. The molecule has 76 valence electrons. The van der Waals surface area contributed by atoms with E-state index in [4.69, 9.17) is 0 Å². The van der Waals surface area contributed by atoms with Crippen LogP contribution in [0, 0.1) is 5.92 Å². The molecule has 0 amide bonds. The lowest BCUT2D eigenvalue weighted by Gasteiger charge is -2.40. The summed E-state index contributed by atoms with van der Waals surface area (Å²) < 4.78 is 0. The summed E-state index contributed by atoms with van der Waals surface area (Å²) in [5.74, 6) is 0.783. The summed E-state index contributed by atoms with van der Waals surface area (Å²) >= 11 is 0. The third kappa shape index (κ3) is 1.40. The number of rotatable bonds is 2. The lowest BCUT2D eigenvalue weighted by molar-refractivity contribution is 0.0865. The first kappa shape index (κ1) is 9.47. The smallest absolute Gasteiger partial charge is 0.0279 e. The number of fused-ring (bicyclic) bond motifs is 2. The van der Waals surface area contributed by atoms with Crippen LogP contribution in [0.15, 0.2) is 0 Å². The highest BCUT2D eigenvalue weighted by molar-refractivity contribution is 5.06. The van der Waals surface area contributed by atoms with Gasteiger partial charge in [0.15, 0.2) is 0 Å². The van der Waals surface area contributed by atoms with Crippen LogP contribution in [0.5, 0.6) is 0 Å². The quantitative estimate of drug-likeness (QED) is 0.695. The molecule has 0 aliphatic carbocycles. The molecule has 2 heterocycles. The molecule has 2 rings (SSSR count). The van der Waals surface area contributed by atoms with Crippen LogP contribution in [-0.2, 0) is 0 Å². The Labute approximate surface area is 81.7 Å². The van der Waals surface area contributed by atoms with Gasteiger partial charge in [-0.1, -0.05) is 13.8 Å². The number of likely N-dealkylation sites (tertiary alicyclic amines) is 1. The van der Waals surface area contributed by atoms with E-state index in [-0.39, 0.29) is 0 Å². The van der Waals surface area contributed by atoms with Gasteiger partial charge in [0.2, 0.25) is 0 Å². The predicted molar refractivity (Wildman–Crippen MR) is 55.8 cm³/mol. The van der Waals surface area contributed by atoms with Crippen LogP contribution in [0.25, 0.3) is 0 Å². The number of hydrogen-bond donors (Lipinski definition) is 1.